The van der Waals surface area contributed by atoms with E-state index in [0.717, 1.165) is 12.2 Å². The van der Waals surface area contributed by atoms with Gasteiger partial charge in [-0.15, -0.1) is 0 Å². The molecule has 0 aliphatic rings. The molecular weight excluding hydrogens is 228 g/mol. The first kappa shape index (κ1) is 14.0. The van der Waals surface area contributed by atoms with Gasteiger partial charge < -0.3 is 15.5 Å². The van der Waals surface area contributed by atoms with Crippen LogP contribution in [-0.2, 0) is 4.79 Å². The lowest BCUT2D eigenvalue weighted by Gasteiger charge is -2.19. The number of nitrogens with one attached hydrogen (secondary N) is 2. The highest BCUT2D eigenvalue weighted by Crippen LogP contribution is 2.12. The molecule has 0 bridgehead atoms. The maximum atomic E-state index is 11.2. The zero-order valence-corrected chi connectivity index (χ0v) is 10.7. The fourth-order valence-electron chi connectivity index (χ4n) is 1.51. The first-order chi connectivity index (χ1) is 8.67. The van der Waals surface area contributed by atoms with Crippen molar-refractivity contribution in [3.63, 3.8) is 0 Å². The highest BCUT2D eigenvalue weighted by Gasteiger charge is 2.02. The summed E-state index contributed by atoms with van der Waals surface area (Å²) >= 11 is 0. The van der Waals surface area contributed by atoms with Gasteiger partial charge in [0.1, 0.15) is 0 Å². The van der Waals surface area contributed by atoms with Crippen LogP contribution in [0.4, 0.5) is 5.69 Å². The van der Waals surface area contributed by atoms with Crippen molar-refractivity contribution in [1.82, 2.24) is 10.6 Å². The minimum atomic E-state index is -0.00858. The van der Waals surface area contributed by atoms with E-state index in [-0.39, 0.29) is 5.91 Å². The van der Waals surface area contributed by atoms with E-state index in [1.54, 1.807) is 19.2 Å². The topological polar surface area (TPSA) is 68.2 Å². The number of nitrogens with zero attached hydrogens (tertiary/aromatic N) is 2. The number of hydrogen-bond donors (Lipinski definition) is 2. The molecule has 0 unspecified atom stereocenters. The predicted octanol–water partition coefficient (Wildman–Crippen LogP) is 0.330. The van der Waals surface area contributed by atoms with Crippen LogP contribution < -0.4 is 15.5 Å². The van der Waals surface area contributed by atoms with Gasteiger partial charge in [0.05, 0.1) is 18.2 Å². The van der Waals surface area contributed by atoms with Gasteiger partial charge in [-0.3, -0.25) is 4.79 Å². The highest BCUT2D eigenvalue weighted by atomic mass is 16.1. The van der Waals surface area contributed by atoms with Crippen LogP contribution in [-0.4, -0.2) is 39.6 Å². The average Bonchev–Trinajstić information content (AvgIpc) is 2.39. The van der Waals surface area contributed by atoms with Gasteiger partial charge in [0, 0.05) is 25.8 Å². The summed E-state index contributed by atoms with van der Waals surface area (Å²) in [5, 5.41) is 14.3. The van der Waals surface area contributed by atoms with Crippen LogP contribution in [0.3, 0.4) is 0 Å². The summed E-state index contributed by atoms with van der Waals surface area (Å²) in [6, 6.07) is 9.44. The number of hydrogen-bond acceptors (Lipinski definition) is 4. The van der Waals surface area contributed by atoms with Crippen LogP contribution >= 0.6 is 0 Å². The molecule has 0 heterocycles. The minimum Gasteiger partial charge on any atom is -0.373 e. The summed E-state index contributed by atoms with van der Waals surface area (Å²) in [6.07, 6.45) is 0. The van der Waals surface area contributed by atoms with Crippen LogP contribution in [0.15, 0.2) is 24.3 Å². The Bertz CT molecular complexity index is 422. The lowest BCUT2D eigenvalue weighted by atomic mass is 10.2. The second-order valence-electron chi connectivity index (χ2n) is 3.96. The summed E-state index contributed by atoms with van der Waals surface area (Å²) in [4.78, 5) is 13.2. The first-order valence-corrected chi connectivity index (χ1v) is 5.80. The van der Waals surface area contributed by atoms with Crippen molar-refractivity contribution in [3.05, 3.63) is 29.8 Å². The number of benzene rings is 1. The third kappa shape index (κ3) is 4.44. The molecule has 0 fully saturated rings. The number of carbonyl (C=O) groups excluding carboxylic acids is 1. The molecule has 0 aliphatic heterocycles. The van der Waals surface area contributed by atoms with Crippen LogP contribution in [0.2, 0.25) is 0 Å². The van der Waals surface area contributed by atoms with Gasteiger partial charge in [0.15, 0.2) is 0 Å². The number of nitriles is 1. The minimum absolute atomic E-state index is 0.00858. The van der Waals surface area contributed by atoms with Crippen molar-refractivity contribution < 1.29 is 4.79 Å². The third-order valence-electron chi connectivity index (χ3n) is 2.54. The number of carbonyl (C=O) groups is 1. The second kappa shape index (κ2) is 7.30. The molecule has 1 amide bonds. The monoisotopic (exact) mass is 246 g/mol. The van der Waals surface area contributed by atoms with Crippen LogP contribution in [0.25, 0.3) is 0 Å². The second-order valence-corrected chi connectivity index (χ2v) is 3.96. The molecule has 1 rings (SSSR count). The summed E-state index contributed by atoms with van der Waals surface area (Å²) in [5.41, 5.74) is 1.67. The Balaban J connectivity index is 2.38. The molecule has 0 saturated heterocycles. The van der Waals surface area contributed by atoms with E-state index >= 15 is 0 Å². The van der Waals surface area contributed by atoms with Gasteiger partial charge in [-0.25, -0.2) is 0 Å². The van der Waals surface area contributed by atoms with Crippen molar-refractivity contribution in [1.29, 1.82) is 5.26 Å². The van der Waals surface area contributed by atoms with Crippen molar-refractivity contribution in [3.8, 4) is 6.07 Å². The number of likely N-dealkylation sites (N-methyl/N-ethyl adjacent to an activating group) is 2. The highest BCUT2D eigenvalue weighted by molar-refractivity contribution is 5.77. The van der Waals surface area contributed by atoms with Crippen LogP contribution in [0.1, 0.15) is 5.56 Å². The van der Waals surface area contributed by atoms with Gasteiger partial charge in [-0.05, 0) is 31.3 Å². The number of anilines is 1. The molecule has 96 valence electrons. The first-order valence-electron chi connectivity index (χ1n) is 5.80. The Kier molecular flexibility index (Phi) is 5.68. The fourth-order valence-corrected chi connectivity index (χ4v) is 1.51. The van der Waals surface area contributed by atoms with Crippen LogP contribution in [0.5, 0.6) is 0 Å². The lowest BCUT2D eigenvalue weighted by molar-refractivity contribution is -0.120. The summed E-state index contributed by atoms with van der Waals surface area (Å²) < 4.78 is 0. The Morgan fingerprint density at radius 3 is 2.61 bits per heavy atom. The zero-order valence-electron chi connectivity index (χ0n) is 10.7. The molecule has 0 spiro atoms. The standard InChI is InChI=1S/C13H18N4O/c1-15-10-13(18)16-7-8-17(2)12-5-3-11(9-14)4-6-12/h3-6,15H,7-8,10H2,1-2H3,(H,16,18). The summed E-state index contributed by atoms with van der Waals surface area (Å²) in [6.45, 7) is 1.65. The molecular formula is C13H18N4O. The predicted molar refractivity (Wildman–Crippen MR) is 71.4 cm³/mol. The lowest BCUT2D eigenvalue weighted by Crippen LogP contribution is -2.37. The summed E-state index contributed by atoms with van der Waals surface area (Å²) in [5.74, 6) is -0.00858. The van der Waals surface area contributed by atoms with Crippen molar-refractivity contribution in [2.75, 3.05) is 38.6 Å². The Morgan fingerprint density at radius 2 is 2.06 bits per heavy atom. The molecule has 5 heteroatoms. The van der Waals surface area contributed by atoms with E-state index in [4.69, 9.17) is 5.26 Å². The molecule has 5 nitrogen and oxygen atoms in total. The van der Waals surface area contributed by atoms with E-state index in [9.17, 15) is 4.79 Å². The van der Waals surface area contributed by atoms with E-state index in [1.165, 1.54) is 0 Å². The molecule has 0 radical (unpaired) electrons. The Morgan fingerprint density at radius 1 is 1.39 bits per heavy atom. The Labute approximate surface area is 107 Å². The van der Waals surface area contributed by atoms with Crippen LogP contribution in [0, 0.1) is 11.3 Å². The van der Waals surface area contributed by atoms with Crippen molar-refractivity contribution >= 4 is 11.6 Å². The largest absolute Gasteiger partial charge is 0.373 e. The van der Waals surface area contributed by atoms with Gasteiger partial charge in [0.25, 0.3) is 0 Å². The molecule has 1 aromatic rings. The third-order valence-corrected chi connectivity index (χ3v) is 2.54. The molecule has 0 atom stereocenters. The van der Waals surface area contributed by atoms with Gasteiger partial charge >= 0.3 is 0 Å². The molecule has 18 heavy (non-hydrogen) atoms. The van der Waals surface area contributed by atoms with E-state index in [0.29, 0.717) is 18.7 Å². The fraction of sp³-hybridized carbons (Fsp3) is 0.385. The average molecular weight is 246 g/mol. The van der Waals surface area contributed by atoms with Gasteiger partial charge in [-0.2, -0.15) is 5.26 Å². The van der Waals surface area contributed by atoms with Crippen molar-refractivity contribution in [2.45, 2.75) is 0 Å². The maximum Gasteiger partial charge on any atom is 0.234 e. The molecule has 1 aromatic carbocycles. The quantitative estimate of drug-likeness (QED) is 0.759. The number of amides is 1. The smallest absolute Gasteiger partial charge is 0.234 e. The molecule has 2 N–H and O–H groups in total. The van der Waals surface area contributed by atoms with Gasteiger partial charge in [-0.1, -0.05) is 0 Å². The molecule has 0 aliphatic carbocycles. The molecule has 0 saturated carbocycles. The van der Waals surface area contributed by atoms with Crippen molar-refractivity contribution in [2.24, 2.45) is 0 Å². The number of rotatable bonds is 6. The summed E-state index contributed by atoms with van der Waals surface area (Å²) in [7, 11) is 3.69. The normalized spacial score (nSPS) is 9.61. The van der Waals surface area contributed by atoms with E-state index < -0.39 is 0 Å². The Hall–Kier alpha value is -2.06. The van der Waals surface area contributed by atoms with E-state index in [1.807, 2.05) is 24.1 Å². The maximum absolute atomic E-state index is 11.2. The van der Waals surface area contributed by atoms with E-state index in [2.05, 4.69) is 16.7 Å². The SMILES string of the molecule is CNCC(=O)NCCN(C)c1ccc(C#N)cc1. The zero-order chi connectivity index (χ0) is 13.4. The van der Waals surface area contributed by atoms with Gasteiger partial charge in [0.2, 0.25) is 5.91 Å². The molecule has 0 aromatic heterocycles.